The summed E-state index contributed by atoms with van der Waals surface area (Å²) in [6, 6.07) is 3.13. The van der Waals surface area contributed by atoms with Gasteiger partial charge in [-0.15, -0.1) is 0 Å². The Kier molecular flexibility index (Phi) is 3.02. The molecule has 8 heteroatoms. The van der Waals surface area contributed by atoms with Gasteiger partial charge in [0, 0.05) is 12.5 Å². The van der Waals surface area contributed by atoms with Crippen molar-refractivity contribution in [3.8, 4) is 11.3 Å². The topological polar surface area (TPSA) is 71.8 Å². The van der Waals surface area contributed by atoms with Gasteiger partial charge in [-0.3, -0.25) is 15.0 Å². The van der Waals surface area contributed by atoms with E-state index < -0.39 is 17.4 Å². The zero-order chi connectivity index (χ0) is 15.2. The van der Waals surface area contributed by atoms with Gasteiger partial charge in [0.2, 0.25) is 0 Å². The van der Waals surface area contributed by atoms with Gasteiger partial charge in [0.25, 0.3) is 5.92 Å². The maximum Gasteiger partial charge on any atom is 0.417 e. The fourth-order valence-electron chi connectivity index (χ4n) is 1.90. The highest BCUT2D eigenvalue weighted by atomic mass is 35.5. The number of halogens is 3. The predicted molar refractivity (Wildman–Crippen MR) is 72.4 cm³/mol. The van der Waals surface area contributed by atoms with Crippen LogP contribution in [0.25, 0.3) is 22.4 Å². The summed E-state index contributed by atoms with van der Waals surface area (Å²) >= 11 is 5.95. The molecule has 0 bridgehead atoms. The molecule has 3 aromatic rings. The van der Waals surface area contributed by atoms with Crippen molar-refractivity contribution >= 4 is 22.7 Å². The average Bonchev–Trinajstić information content (AvgIpc) is 2.81. The maximum atomic E-state index is 13.1. The molecule has 0 radical (unpaired) electrons. The van der Waals surface area contributed by atoms with Crippen LogP contribution >= 0.6 is 11.6 Å². The molecule has 3 rings (SSSR count). The molecular weight excluding hydrogens is 304 g/mol. The molecule has 0 unspecified atom stereocenters. The normalized spacial score (nSPS) is 12.0. The monoisotopic (exact) mass is 311 g/mol. The summed E-state index contributed by atoms with van der Waals surface area (Å²) in [4.78, 5) is 21.4. The molecule has 2 heterocycles. The number of oxazole rings is 1. The summed E-state index contributed by atoms with van der Waals surface area (Å²) in [6.07, 6.45) is 2.18. The summed E-state index contributed by atoms with van der Waals surface area (Å²) in [6.45, 7) is 0.738. The van der Waals surface area contributed by atoms with Crippen molar-refractivity contribution in [1.29, 1.82) is 0 Å². The van der Waals surface area contributed by atoms with Gasteiger partial charge in [-0.2, -0.15) is 8.78 Å². The third-order valence-corrected chi connectivity index (χ3v) is 3.22. The number of nitrogens with one attached hydrogen (secondary N) is 1. The van der Waals surface area contributed by atoms with Gasteiger partial charge in [-0.1, -0.05) is 11.6 Å². The minimum absolute atomic E-state index is 0.206. The van der Waals surface area contributed by atoms with E-state index in [1.807, 2.05) is 0 Å². The fraction of sp³-hybridized carbons (Fsp3) is 0.154. The van der Waals surface area contributed by atoms with Crippen molar-refractivity contribution in [3.05, 3.63) is 45.8 Å². The molecule has 2 aromatic heterocycles. The van der Waals surface area contributed by atoms with Crippen LogP contribution in [0.2, 0.25) is 5.02 Å². The molecule has 0 atom stereocenters. The van der Waals surface area contributed by atoms with Gasteiger partial charge < -0.3 is 4.42 Å². The lowest BCUT2D eigenvalue weighted by Gasteiger charge is -2.09. The molecule has 5 nitrogen and oxygen atoms in total. The zero-order valence-corrected chi connectivity index (χ0v) is 11.4. The van der Waals surface area contributed by atoms with Crippen LogP contribution < -0.4 is 5.76 Å². The van der Waals surface area contributed by atoms with Crippen LogP contribution in [0.1, 0.15) is 12.6 Å². The van der Waals surface area contributed by atoms with Crippen LogP contribution in [0.5, 0.6) is 0 Å². The van der Waals surface area contributed by atoms with E-state index in [0.29, 0.717) is 21.8 Å². The van der Waals surface area contributed by atoms with Gasteiger partial charge in [0.15, 0.2) is 5.58 Å². The second-order valence-corrected chi connectivity index (χ2v) is 4.90. The predicted octanol–water partition coefficient (Wildman–Crippen LogP) is 3.34. The standard InChI is InChI=1S/C13H8ClF2N3O2/c1-13(15,16)9-5-17-8(4-18-9)6-2-3-7(14)10-11(6)21-12(20)19-10/h2-5H,1H3,(H,19,20). The van der Waals surface area contributed by atoms with Crippen LogP contribution in [-0.4, -0.2) is 15.0 Å². The molecule has 0 saturated heterocycles. The molecule has 0 saturated carbocycles. The molecule has 0 amide bonds. The second-order valence-electron chi connectivity index (χ2n) is 4.49. The number of rotatable bonds is 2. The summed E-state index contributed by atoms with van der Waals surface area (Å²) < 4.78 is 31.2. The number of hydrogen-bond donors (Lipinski definition) is 1. The summed E-state index contributed by atoms with van der Waals surface area (Å²) in [5, 5.41) is 0.310. The van der Waals surface area contributed by atoms with Crippen molar-refractivity contribution in [2.45, 2.75) is 12.8 Å². The van der Waals surface area contributed by atoms with Gasteiger partial charge >= 0.3 is 5.76 Å². The van der Waals surface area contributed by atoms with Crippen molar-refractivity contribution in [2.75, 3.05) is 0 Å². The first-order chi connectivity index (χ1) is 9.86. The Balaban J connectivity index is 2.17. The van der Waals surface area contributed by atoms with Crippen molar-refractivity contribution in [2.24, 2.45) is 0 Å². The van der Waals surface area contributed by atoms with E-state index in [1.54, 1.807) is 12.1 Å². The first-order valence-corrected chi connectivity index (χ1v) is 6.26. The van der Waals surface area contributed by atoms with E-state index >= 15 is 0 Å². The smallest absolute Gasteiger partial charge is 0.407 e. The largest absolute Gasteiger partial charge is 0.417 e. The number of nitrogens with zero attached hydrogens (tertiary/aromatic N) is 2. The zero-order valence-electron chi connectivity index (χ0n) is 10.7. The fourth-order valence-corrected chi connectivity index (χ4v) is 2.09. The van der Waals surface area contributed by atoms with Crippen LogP contribution in [0.3, 0.4) is 0 Å². The van der Waals surface area contributed by atoms with E-state index in [9.17, 15) is 13.6 Å². The molecule has 0 aliphatic rings. The molecule has 108 valence electrons. The molecular formula is C13H8ClF2N3O2. The van der Waals surface area contributed by atoms with Gasteiger partial charge in [-0.25, -0.2) is 4.79 Å². The summed E-state index contributed by atoms with van der Waals surface area (Å²) in [5.41, 5.74) is 0.828. The summed E-state index contributed by atoms with van der Waals surface area (Å²) in [7, 11) is 0. The Morgan fingerprint density at radius 2 is 2.05 bits per heavy atom. The van der Waals surface area contributed by atoms with Gasteiger partial charge in [-0.05, 0) is 12.1 Å². The van der Waals surface area contributed by atoms with Crippen LogP contribution in [0.15, 0.2) is 33.7 Å². The lowest BCUT2D eigenvalue weighted by atomic mass is 10.1. The van der Waals surface area contributed by atoms with E-state index in [0.717, 1.165) is 13.1 Å². The highest BCUT2D eigenvalue weighted by Crippen LogP contribution is 2.31. The Labute approximate surface area is 121 Å². The molecule has 0 spiro atoms. The first-order valence-electron chi connectivity index (χ1n) is 5.88. The number of fused-ring (bicyclic) bond motifs is 1. The molecule has 21 heavy (non-hydrogen) atoms. The number of H-pyrrole nitrogens is 1. The number of benzene rings is 1. The van der Waals surface area contributed by atoms with Crippen molar-refractivity contribution in [3.63, 3.8) is 0 Å². The quantitative estimate of drug-likeness (QED) is 0.788. The van der Waals surface area contributed by atoms with Crippen molar-refractivity contribution < 1.29 is 13.2 Å². The minimum Gasteiger partial charge on any atom is -0.407 e. The lowest BCUT2D eigenvalue weighted by molar-refractivity contribution is 0.0124. The van der Waals surface area contributed by atoms with E-state index in [1.165, 1.54) is 6.20 Å². The third kappa shape index (κ3) is 2.40. The molecule has 1 N–H and O–H groups in total. The van der Waals surface area contributed by atoms with Crippen molar-refractivity contribution in [1.82, 2.24) is 15.0 Å². The van der Waals surface area contributed by atoms with Crippen LogP contribution in [0.4, 0.5) is 8.78 Å². The minimum atomic E-state index is -3.07. The highest BCUT2D eigenvalue weighted by molar-refractivity contribution is 6.35. The SMILES string of the molecule is CC(F)(F)c1cnc(-c2ccc(Cl)c3[nH]c(=O)oc23)cn1. The maximum absolute atomic E-state index is 13.1. The number of aromatic amines is 1. The van der Waals surface area contributed by atoms with Gasteiger partial charge in [0.1, 0.15) is 11.2 Å². The molecule has 0 aliphatic carbocycles. The second kappa shape index (κ2) is 4.63. The van der Waals surface area contributed by atoms with Crippen LogP contribution in [-0.2, 0) is 5.92 Å². The third-order valence-electron chi connectivity index (χ3n) is 2.91. The summed E-state index contributed by atoms with van der Waals surface area (Å²) in [5.74, 6) is -3.73. The molecule has 0 aliphatic heterocycles. The molecule has 1 aromatic carbocycles. The number of alkyl halides is 2. The first kappa shape index (κ1) is 13.7. The van der Waals surface area contributed by atoms with Crippen LogP contribution in [0, 0.1) is 0 Å². The van der Waals surface area contributed by atoms with Gasteiger partial charge in [0.05, 0.1) is 23.1 Å². The number of aromatic nitrogens is 3. The Bertz CT molecular complexity index is 866. The Hall–Kier alpha value is -2.28. The van der Waals surface area contributed by atoms with E-state index in [4.69, 9.17) is 16.0 Å². The Morgan fingerprint density at radius 1 is 1.29 bits per heavy atom. The average molecular weight is 312 g/mol. The Morgan fingerprint density at radius 3 is 2.67 bits per heavy atom. The van der Waals surface area contributed by atoms with E-state index in [-0.39, 0.29) is 5.58 Å². The molecule has 0 fully saturated rings. The lowest BCUT2D eigenvalue weighted by Crippen LogP contribution is -2.10. The van der Waals surface area contributed by atoms with E-state index in [2.05, 4.69) is 15.0 Å². The highest BCUT2D eigenvalue weighted by Gasteiger charge is 2.26. The number of hydrogen-bond acceptors (Lipinski definition) is 4.